The number of aryl methyl sites for hydroxylation is 2. The van der Waals surface area contributed by atoms with Crippen LogP contribution in [0.1, 0.15) is 71.0 Å². The largest absolute Gasteiger partial charge is 0.493 e. The van der Waals surface area contributed by atoms with Crippen molar-refractivity contribution in [1.29, 1.82) is 0 Å². The van der Waals surface area contributed by atoms with E-state index in [0.29, 0.717) is 18.5 Å². The van der Waals surface area contributed by atoms with E-state index >= 15 is 0 Å². The Labute approximate surface area is 195 Å². The maximum Gasteiger partial charge on any atom is 0.257 e. The summed E-state index contributed by atoms with van der Waals surface area (Å²) in [4.78, 5) is 38.9. The number of amides is 2. The Morgan fingerprint density at radius 3 is 2.73 bits per heavy atom. The number of carbonyl (C=O) groups is 2. The van der Waals surface area contributed by atoms with Gasteiger partial charge >= 0.3 is 0 Å². The van der Waals surface area contributed by atoms with Gasteiger partial charge in [0, 0.05) is 38.3 Å². The number of rotatable bonds is 4. The molecule has 0 N–H and O–H groups in total. The quantitative estimate of drug-likeness (QED) is 0.717. The molecule has 0 radical (unpaired) electrons. The van der Waals surface area contributed by atoms with Gasteiger partial charge in [-0.1, -0.05) is 12.1 Å². The Hall–Kier alpha value is -2.96. The number of carbonyl (C=O) groups excluding carboxylic acids is 2. The lowest BCUT2D eigenvalue weighted by atomic mass is 9.96. The molecule has 5 rings (SSSR count). The van der Waals surface area contributed by atoms with Crippen LogP contribution in [0.2, 0.25) is 0 Å². The molecule has 7 heteroatoms. The van der Waals surface area contributed by atoms with Crippen molar-refractivity contribution in [3.63, 3.8) is 0 Å². The lowest BCUT2D eigenvalue weighted by molar-refractivity contribution is -0.131. The molecular weight excluding hydrogens is 416 g/mol. The topological polar surface area (TPSA) is 75.6 Å². The fraction of sp³-hybridized carbons (Fsp3) is 0.538. The third-order valence-electron chi connectivity index (χ3n) is 7.09. The molecular formula is C26H32N4O3. The molecule has 3 aliphatic heterocycles. The van der Waals surface area contributed by atoms with Gasteiger partial charge in [0.15, 0.2) is 0 Å². The molecule has 33 heavy (non-hydrogen) atoms. The summed E-state index contributed by atoms with van der Waals surface area (Å²) in [7, 11) is 0. The smallest absolute Gasteiger partial charge is 0.257 e. The highest BCUT2D eigenvalue weighted by atomic mass is 16.5. The summed E-state index contributed by atoms with van der Waals surface area (Å²) in [5, 5.41) is 0. The number of piperidine rings is 1. The van der Waals surface area contributed by atoms with E-state index in [2.05, 4.69) is 11.1 Å². The maximum absolute atomic E-state index is 13.1. The number of hydrogen-bond acceptors (Lipinski definition) is 5. The maximum atomic E-state index is 13.1. The average molecular weight is 449 g/mol. The van der Waals surface area contributed by atoms with Crippen LogP contribution < -0.4 is 4.74 Å². The van der Waals surface area contributed by atoms with Crippen molar-refractivity contribution in [3.8, 4) is 5.75 Å². The Bertz CT molecular complexity index is 1050. The van der Waals surface area contributed by atoms with Crippen LogP contribution in [-0.2, 0) is 17.6 Å². The molecule has 1 aromatic heterocycles. The second kappa shape index (κ2) is 9.49. The number of likely N-dealkylation sites (tertiary alicyclic amines) is 2. The Balaban J connectivity index is 1.24. The number of ether oxygens (including phenoxy) is 1. The number of aromatic nitrogens is 2. The van der Waals surface area contributed by atoms with Crippen molar-refractivity contribution < 1.29 is 14.3 Å². The van der Waals surface area contributed by atoms with Crippen LogP contribution in [0.5, 0.6) is 5.75 Å². The van der Waals surface area contributed by atoms with E-state index in [-0.39, 0.29) is 17.7 Å². The van der Waals surface area contributed by atoms with E-state index < -0.39 is 0 Å². The summed E-state index contributed by atoms with van der Waals surface area (Å²) in [5.41, 5.74) is 3.58. The number of benzene rings is 1. The zero-order valence-electron chi connectivity index (χ0n) is 19.4. The number of hydrogen-bond donors (Lipinski definition) is 0. The van der Waals surface area contributed by atoms with Crippen molar-refractivity contribution in [2.45, 2.75) is 57.8 Å². The van der Waals surface area contributed by atoms with Gasteiger partial charge in [0.1, 0.15) is 11.6 Å². The number of nitrogens with zero attached hydrogens (tertiary/aromatic N) is 4. The molecule has 0 spiro atoms. The Morgan fingerprint density at radius 2 is 1.91 bits per heavy atom. The van der Waals surface area contributed by atoms with Crippen LogP contribution in [0.3, 0.4) is 0 Å². The van der Waals surface area contributed by atoms with Gasteiger partial charge in [-0.2, -0.15) is 0 Å². The first-order chi connectivity index (χ1) is 16.1. The van der Waals surface area contributed by atoms with Gasteiger partial charge < -0.3 is 14.5 Å². The highest BCUT2D eigenvalue weighted by molar-refractivity contribution is 5.95. The minimum atomic E-state index is 0.0347. The molecule has 1 aromatic carbocycles. The highest BCUT2D eigenvalue weighted by Crippen LogP contribution is 2.28. The molecule has 4 heterocycles. The fourth-order valence-corrected chi connectivity index (χ4v) is 5.21. The first-order valence-electron chi connectivity index (χ1n) is 12.2. The molecule has 0 bridgehead atoms. The molecule has 0 unspecified atom stereocenters. The highest BCUT2D eigenvalue weighted by Gasteiger charge is 2.28. The van der Waals surface area contributed by atoms with E-state index in [0.717, 1.165) is 87.6 Å². The molecule has 0 saturated carbocycles. The minimum Gasteiger partial charge on any atom is -0.493 e. The van der Waals surface area contributed by atoms with Crippen molar-refractivity contribution >= 4 is 11.8 Å². The summed E-state index contributed by atoms with van der Waals surface area (Å²) < 4.78 is 5.69. The predicted octanol–water partition coefficient (Wildman–Crippen LogP) is 3.29. The summed E-state index contributed by atoms with van der Waals surface area (Å²) in [6.45, 7) is 5.70. The van der Waals surface area contributed by atoms with Crippen LogP contribution in [0, 0.1) is 6.92 Å². The van der Waals surface area contributed by atoms with Gasteiger partial charge in [-0.25, -0.2) is 9.97 Å². The van der Waals surface area contributed by atoms with Crippen LogP contribution in [0.25, 0.3) is 0 Å². The van der Waals surface area contributed by atoms with Gasteiger partial charge in [0.05, 0.1) is 24.3 Å². The van der Waals surface area contributed by atoms with E-state index in [1.165, 1.54) is 5.56 Å². The average Bonchev–Trinajstić information content (AvgIpc) is 3.39. The summed E-state index contributed by atoms with van der Waals surface area (Å²) >= 11 is 0. The minimum absolute atomic E-state index is 0.0347. The van der Waals surface area contributed by atoms with E-state index in [4.69, 9.17) is 9.72 Å². The second-order valence-corrected chi connectivity index (χ2v) is 9.48. The lowest BCUT2D eigenvalue weighted by Gasteiger charge is -2.32. The van der Waals surface area contributed by atoms with Crippen molar-refractivity contribution in [3.05, 3.63) is 52.6 Å². The van der Waals surface area contributed by atoms with Crippen LogP contribution in [0.4, 0.5) is 0 Å². The number of fused-ring (bicyclic) bond motifs is 1. The summed E-state index contributed by atoms with van der Waals surface area (Å²) in [6.07, 6.45) is 8.15. The predicted molar refractivity (Wildman–Crippen MR) is 124 cm³/mol. The zero-order valence-corrected chi connectivity index (χ0v) is 19.4. The second-order valence-electron chi connectivity index (χ2n) is 9.48. The van der Waals surface area contributed by atoms with E-state index in [1.54, 1.807) is 6.20 Å². The van der Waals surface area contributed by atoms with Crippen molar-refractivity contribution in [2.24, 2.45) is 0 Å². The molecule has 2 fully saturated rings. The van der Waals surface area contributed by atoms with E-state index in [9.17, 15) is 9.59 Å². The fourth-order valence-electron chi connectivity index (χ4n) is 5.21. The van der Waals surface area contributed by atoms with Crippen LogP contribution in [-0.4, -0.2) is 64.4 Å². The first kappa shape index (κ1) is 21.9. The molecule has 3 aliphatic rings. The van der Waals surface area contributed by atoms with Gasteiger partial charge in [-0.05, 0) is 62.6 Å². The monoisotopic (exact) mass is 448 g/mol. The lowest BCUT2D eigenvalue weighted by Crippen LogP contribution is -2.40. The zero-order chi connectivity index (χ0) is 22.8. The molecule has 0 aliphatic carbocycles. The third kappa shape index (κ3) is 4.72. The van der Waals surface area contributed by atoms with Gasteiger partial charge in [-0.15, -0.1) is 0 Å². The normalized spacial score (nSPS) is 20.3. The first-order valence-corrected chi connectivity index (χ1v) is 12.2. The standard InChI is InChI=1S/C26H32N4O3/c1-18-22(26(32)29-10-2-3-11-29)16-27-25(28-18)21-6-4-12-30(17-21)24(31)15-19-8-9-23-20(14-19)7-5-13-33-23/h8-9,14,16,21H,2-7,10-13,15,17H2,1H3/t21-/m1/s1. The van der Waals surface area contributed by atoms with Crippen molar-refractivity contribution in [2.75, 3.05) is 32.8 Å². The van der Waals surface area contributed by atoms with Crippen molar-refractivity contribution in [1.82, 2.24) is 19.8 Å². The molecule has 7 nitrogen and oxygen atoms in total. The summed E-state index contributed by atoms with van der Waals surface area (Å²) in [6, 6.07) is 6.13. The molecule has 2 amide bonds. The Morgan fingerprint density at radius 1 is 1.09 bits per heavy atom. The molecule has 1 atom stereocenters. The molecule has 2 aromatic rings. The SMILES string of the molecule is Cc1nc([C@@H]2CCCN(C(=O)Cc3ccc4c(c3)CCCO4)C2)ncc1C(=O)N1CCCC1. The molecule has 2 saturated heterocycles. The van der Waals surface area contributed by atoms with Gasteiger partial charge in [-0.3, -0.25) is 9.59 Å². The third-order valence-corrected chi connectivity index (χ3v) is 7.09. The van der Waals surface area contributed by atoms with E-state index in [1.807, 2.05) is 28.9 Å². The van der Waals surface area contributed by atoms with Gasteiger partial charge in [0.25, 0.3) is 5.91 Å². The van der Waals surface area contributed by atoms with Crippen LogP contribution in [0.15, 0.2) is 24.4 Å². The molecule has 174 valence electrons. The Kier molecular flexibility index (Phi) is 6.29. The summed E-state index contributed by atoms with van der Waals surface area (Å²) in [5.74, 6) is 1.99. The van der Waals surface area contributed by atoms with Gasteiger partial charge in [0.2, 0.25) is 5.91 Å². The van der Waals surface area contributed by atoms with Crippen LogP contribution >= 0.6 is 0 Å².